The summed E-state index contributed by atoms with van der Waals surface area (Å²) in [5.41, 5.74) is 4.31. The van der Waals surface area contributed by atoms with Crippen LogP contribution in [0.4, 0.5) is 5.69 Å². The standard InChI is InChI=1S/C18H14ClN3OS/c1-22-17-13-4-2-3-5-15(13)24-10-14(17)16(21-22)18(23)20-12-8-6-11(19)7-9-12/h2-9H,10H2,1H3,(H,20,23). The van der Waals surface area contributed by atoms with Crippen LogP contribution in [0, 0.1) is 0 Å². The maximum absolute atomic E-state index is 12.7. The summed E-state index contributed by atoms with van der Waals surface area (Å²) >= 11 is 7.61. The first-order valence-corrected chi connectivity index (χ1v) is 8.85. The molecule has 1 aromatic heterocycles. The molecule has 1 aliphatic heterocycles. The van der Waals surface area contributed by atoms with E-state index >= 15 is 0 Å². The highest BCUT2D eigenvalue weighted by Crippen LogP contribution is 2.42. The quantitative estimate of drug-likeness (QED) is 0.730. The Kier molecular flexibility index (Phi) is 3.82. The number of hydrogen-bond acceptors (Lipinski definition) is 3. The number of nitrogens with zero attached hydrogens (tertiary/aromatic N) is 2. The van der Waals surface area contributed by atoms with Crippen LogP contribution in [-0.2, 0) is 12.8 Å². The Morgan fingerprint density at radius 3 is 2.75 bits per heavy atom. The summed E-state index contributed by atoms with van der Waals surface area (Å²) in [4.78, 5) is 13.9. The van der Waals surface area contributed by atoms with Crippen LogP contribution in [0.5, 0.6) is 0 Å². The van der Waals surface area contributed by atoms with Crippen molar-refractivity contribution in [2.45, 2.75) is 10.6 Å². The molecule has 1 amide bonds. The largest absolute Gasteiger partial charge is 0.321 e. The molecule has 4 rings (SSSR count). The third-order valence-corrected chi connectivity index (χ3v) is 5.33. The number of nitrogens with one attached hydrogen (secondary N) is 1. The number of halogens is 1. The van der Waals surface area contributed by atoms with Crippen molar-refractivity contribution in [2.24, 2.45) is 7.05 Å². The number of amides is 1. The van der Waals surface area contributed by atoms with Crippen molar-refractivity contribution in [3.8, 4) is 11.3 Å². The summed E-state index contributed by atoms with van der Waals surface area (Å²) in [6, 6.07) is 15.3. The second-order valence-electron chi connectivity index (χ2n) is 5.55. The Morgan fingerprint density at radius 1 is 1.21 bits per heavy atom. The summed E-state index contributed by atoms with van der Waals surface area (Å²) in [5.74, 6) is 0.540. The summed E-state index contributed by atoms with van der Waals surface area (Å²) in [5, 5.41) is 8.00. The number of thioether (sulfide) groups is 1. The molecule has 0 saturated heterocycles. The fourth-order valence-corrected chi connectivity index (χ4v) is 4.08. The van der Waals surface area contributed by atoms with Crippen LogP contribution in [0.1, 0.15) is 16.1 Å². The molecule has 2 aromatic carbocycles. The SMILES string of the molecule is Cn1nc(C(=O)Nc2ccc(Cl)cc2)c2c1-c1ccccc1SC2. The lowest BCUT2D eigenvalue weighted by molar-refractivity contribution is 0.102. The zero-order valence-electron chi connectivity index (χ0n) is 12.9. The Morgan fingerprint density at radius 2 is 1.96 bits per heavy atom. The predicted molar refractivity (Wildman–Crippen MR) is 97.6 cm³/mol. The number of benzene rings is 2. The number of aromatic nitrogens is 2. The first kappa shape index (κ1) is 15.3. The van der Waals surface area contributed by atoms with Crippen LogP contribution in [0.15, 0.2) is 53.4 Å². The number of fused-ring (bicyclic) bond motifs is 3. The van der Waals surface area contributed by atoms with Gasteiger partial charge in [0.1, 0.15) is 0 Å². The molecule has 0 bridgehead atoms. The van der Waals surface area contributed by atoms with E-state index in [9.17, 15) is 4.79 Å². The van der Waals surface area contributed by atoms with Crippen LogP contribution < -0.4 is 5.32 Å². The molecule has 0 spiro atoms. The second-order valence-corrected chi connectivity index (χ2v) is 7.00. The highest BCUT2D eigenvalue weighted by atomic mass is 35.5. The van der Waals surface area contributed by atoms with E-state index in [-0.39, 0.29) is 5.91 Å². The molecule has 120 valence electrons. The Labute approximate surface area is 148 Å². The van der Waals surface area contributed by atoms with Gasteiger partial charge in [-0.2, -0.15) is 5.10 Å². The Balaban J connectivity index is 1.71. The molecule has 3 aromatic rings. The number of hydrogen-bond donors (Lipinski definition) is 1. The van der Waals surface area contributed by atoms with Crippen LogP contribution in [0.3, 0.4) is 0 Å². The van der Waals surface area contributed by atoms with Gasteiger partial charge in [0.25, 0.3) is 5.91 Å². The Hall–Kier alpha value is -2.24. The van der Waals surface area contributed by atoms with Gasteiger partial charge in [-0.3, -0.25) is 9.48 Å². The van der Waals surface area contributed by atoms with E-state index in [1.165, 1.54) is 4.90 Å². The minimum absolute atomic E-state index is 0.200. The van der Waals surface area contributed by atoms with Crippen molar-refractivity contribution < 1.29 is 4.79 Å². The minimum Gasteiger partial charge on any atom is -0.321 e. The topological polar surface area (TPSA) is 46.9 Å². The van der Waals surface area contributed by atoms with Gasteiger partial charge in [0, 0.05) is 39.5 Å². The fourth-order valence-electron chi connectivity index (χ4n) is 2.89. The van der Waals surface area contributed by atoms with Gasteiger partial charge in [-0.25, -0.2) is 0 Å². The molecule has 0 saturated carbocycles. The average Bonchev–Trinajstić information content (AvgIpc) is 2.94. The molecule has 2 heterocycles. The number of carbonyl (C=O) groups excluding carboxylic acids is 1. The van der Waals surface area contributed by atoms with Crippen molar-refractivity contribution in [3.05, 3.63) is 64.8 Å². The lowest BCUT2D eigenvalue weighted by Crippen LogP contribution is -2.14. The number of carbonyl (C=O) groups is 1. The molecule has 24 heavy (non-hydrogen) atoms. The van der Waals surface area contributed by atoms with E-state index in [0.717, 1.165) is 22.6 Å². The van der Waals surface area contributed by atoms with Gasteiger partial charge in [0.15, 0.2) is 5.69 Å². The van der Waals surface area contributed by atoms with E-state index < -0.39 is 0 Å². The smallest absolute Gasteiger partial charge is 0.276 e. The van der Waals surface area contributed by atoms with E-state index in [2.05, 4.69) is 22.5 Å². The summed E-state index contributed by atoms with van der Waals surface area (Å²) in [7, 11) is 1.88. The molecular weight excluding hydrogens is 342 g/mol. The van der Waals surface area contributed by atoms with Crippen molar-refractivity contribution in [2.75, 3.05) is 5.32 Å². The molecule has 1 N–H and O–H groups in total. The lowest BCUT2D eigenvalue weighted by Gasteiger charge is -2.16. The maximum atomic E-state index is 12.7. The third kappa shape index (κ3) is 2.60. The summed E-state index contributed by atoms with van der Waals surface area (Å²) in [6.45, 7) is 0. The van der Waals surface area contributed by atoms with Gasteiger partial charge in [-0.1, -0.05) is 29.8 Å². The van der Waals surface area contributed by atoms with Gasteiger partial charge in [0.05, 0.1) is 5.69 Å². The predicted octanol–water partition coefficient (Wildman–Crippen LogP) is 4.60. The molecule has 0 atom stereocenters. The molecule has 4 nitrogen and oxygen atoms in total. The van der Waals surface area contributed by atoms with Gasteiger partial charge in [-0.15, -0.1) is 11.8 Å². The van der Waals surface area contributed by atoms with Crippen LogP contribution >= 0.6 is 23.4 Å². The van der Waals surface area contributed by atoms with Gasteiger partial charge >= 0.3 is 0 Å². The van der Waals surface area contributed by atoms with Crippen LogP contribution in [0.2, 0.25) is 5.02 Å². The fraction of sp³-hybridized carbons (Fsp3) is 0.111. The molecule has 0 fully saturated rings. The molecule has 0 aliphatic carbocycles. The second kappa shape index (κ2) is 6.00. The third-order valence-electron chi connectivity index (χ3n) is 3.98. The van der Waals surface area contributed by atoms with Gasteiger partial charge in [-0.05, 0) is 30.3 Å². The van der Waals surface area contributed by atoms with Crippen molar-refractivity contribution in [1.29, 1.82) is 0 Å². The van der Waals surface area contributed by atoms with E-state index in [0.29, 0.717) is 16.4 Å². The first-order valence-electron chi connectivity index (χ1n) is 7.48. The normalized spacial score (nSPS) is 12.4. The molecule has 0 unspecified atom stereocenters. The lowest BCUT2D eigenvalue weighted by atomic mass is 10.1. The van der Waals surface area contributed by atoms with Crippen molar-refractivity contribution in [1.82, 2.24) is 9.78 Å². The van der Waals surface area contributed by atoms with Crippen LogP contribution in [0.25, 0.3) is 11.3 Å². The van der Waals surface area contributed by atoms with E-state index in [1.807, 2.05) is 19.2 Å². The highest BCUT2D eigenvalue weighted by Gasteiger charge is 2.27. The van der Waals surface area contributed by atoms with Gasteiger partial charge < -0.3 is 5.32 Å². The zero-order valence-corrected chi connectivity index (χ0v) is 14.5. The van der Waals surface area contributed by atoms with Crippen molar-refractivity contribution in [3.63, 3.8) is 0 Å². The minimum atomic E-state index is -0.200. The highest BCUT2D eigenvalue weighted by molar-refractivity contribution is 7.98. The number of anilines is 1. The Bertz CT molecular complexity index is 934. The number of aryl methyl sites for hydroxylation is 1. The van der Waals surface area contributed by atoms with E-state index in [4.69, 9.17) is 11.6 Å². The zero-order chi connectivity index (χ0) is 16.7. The van der Waals surface area contributed by atoms with Crippen LogP contribution in [-0.4, -0.2) is 15.7 Å². The van der Waals surface area contributed by atoms with E-state index in [1.54, 1.807) is 40.7 Å². The first-order chi connectivity index (χ1) is 11.6. The monoisotopic (exact) mass is 355 g/mol. The molecule has 1 aliphatic rings. The number of rotatable bonds is 2. The molecule has 0 radical (unpaired) electrons. The maximum Gasteiger partial charge on any atom is 0.276 e. The van der Waals surface area contributed by atoms with Crippen molar-refractivity contribution >= 4 is 35.0 Å². The average molecular weight is 356 g/mol. The summed E-state index contributed by atoms with van der Waals surface area (Å²) < 4.78 is 1.80. The molecular formula is C18H14ClN3OS. The molecule has 6 heteroatoms. The van der Waals surface area contributed by atoms with Gasteiger partial charge in [0.2, 0.25) is 0 Å². The summed E-state index contributed by atoms with van der Waals surface area (Å²) in [6.07, 6.45) is 0.